The van der Waals surface area contributed by atoms with Gasteiger partial charge in [0.25, 0.3) is 5.91 Å². The summed E-state index contributed by atoms with van der Waals surface area (Å²) in [6, 6.07) is 1.95. The molecule has 2 aromatic heterocycles. The largest absolute Gasteiger partial charge is 0.466 e. The fourth-order valence-corrected chi connectivity index (χ4v) is 2.98. The highest BCUT2D eigenvalue weighted by Gasteiger charge is 2.36. The lowest BCUT2D eigenvalue weighted by molar-refractivity contribution is 0.0907. The lowest BCUT2D eigenvalue weighted by Gasteiger charge is -2.34. The van der Waals surface area contributed by atoms with Crippen molar-refractivity contribution in [2.24, 2.45) is 5.41 Å². The van der Waals surface area contributed by atoms with E-state index < -0.39 is 0 Å². The standard InChI is InChI=1S/C15H20N4O2/c1-8-5-10-11(6-15(3,4)7-12(10)21-8)17-14(20)13-16-9(2)18-19-13/h5,11H,6-7H2,1-4H3,(H,17,20)(H,16,18,19). The second-order valence-corrected chi connectivity index (χ2v) is 6.55. The minimum absolute atomic E-state index is 0.0625. The summed E-state index contributed by atoms with van der Waals surface area (Å²) < 4.78 is 5.77. The maximum Gasteiger partial charge on any atom is 0.291 e. The maximum atomic E-state index is 12.3. The van der Waals surface area contributed by atoms with Gasteiger partial charge in [-0.15, -0.1) is 5.10 Å². The third-order valence-electron chi connectivity index (χ3n) is 3.84. The first kappa shape index (κ1) is 13.9. The van der Waals surface area contributed by atoms with Crippen LogP contribution in [0.5, 0.6) is 0 Å². The van der Waals surface area contributed by atoms with Crippen molar-refractivity contribution in [2.45, 2.75) is 46.6 Å². The molecule has 1 amide bonds. The van der Waals surface area contributed by atoms with Crippen molar-refractivity contribution in [1.82, 2.24) is 20.5 Å². The van der Waals surface area contributed by atoms with Crippen LogP contribution in [0.25, 0.3) is 0 Å². The van der Waals surface area contributed by atoms with Gasteiger partial charge >= 0.3 is 0 Å². The Morgan fingerprint density at radius 2 is 2.24 bits per heavy atom. The number of aryl methyl sites for hydroxylation is 2. The average molecular weight is 288 g/mol. The normalized spacial score (nSPS) is 20.1. The molecule has 2 N–H and O–H groups in total. The SMILES string of the molecule is Cc1nc(C(=O)NC2CC(C)(C)Cc3oc(C)cc32)n[nH]1. The first-order chi connectivity index (χ1) is 9.84. The summed E-state index contributed by atoms with van der Waals surface area (Å²) in [6.07, 6.45) is 1.76. The third-order valence-corrected chi connectivity index (χ3v) is 3.84. The molecule has 0 aromatic carbocycles. The molecule has 2 heterocycles. The van der Waals surface area contributed by atoms with E-state index in [2.05, 4.69) is 34.3 Å². The third kappa shape index (κ3) is 2.70. The molecule has 6 nitrogen and oxygen atoms in total. The fraction of sp³-hybridized carbons (Fsp3) is 0.533. The number of furan rings is 1. The van der Waals surface area contributed by atoms with Crippen molar-refractivity contribution in [3.05, 3.63) is 34.8 Å². The van der Waals surface area contributed by atoms with Crippen molar-refractivity contribution < 1.29 is 9.21 Å². The van der Waals surface area contributed by atoms with Crippen LogP contribution in [0, 0.1) is 19.3 Å². The summed E-state index contributed by atoms with van der Waals surface area (Å²) in [7, 11) is 0. The van der Waals surface area contributed by atoms with E-state index in [0.29, 0.717) is 5.82 Å². The van der Waals surface area contributed by atoms with Gasteiger partial charge in [0.05, 0.1) is 6.04 Å². The van der Waals surface area contributed by atoms with Crippen molar-refractivity contribution in [3.63, 3.8) is 0 Å². The number of fused-ring (bicyclic) bond motifs is 1. The number of hydrogen-bond acceptors (Lipinski definition) is 4. The molecule has 0 fully saturated rings. The molecule has 6 heteroatoms. The molecule has 112 valence electrons. The molecule has 21 heavy (non-hydrogen) atoms. The quantitative estimate of drug-likeness (QED) is 0.889. The monoisotopic (exact) mass is 288 g/mol. The van der Waals surface area contributed by atoms with Crippen LogP contribution in [0.15, 0.2) is 10.5 Å². The number of rotatable bonds is 2. The minimum atomic E-state index is -0.258. The summed E-state index contributed by atoms with van der Waals surface area (Å²) in [5.41, 5.74) is 1.16. The zero-order valence-corrected chi connectivity index (χ0v) is 12.8. The van der Waals surface area contributed by atoms with E-state index in [1.165, 1.54) is 0 Å². The van der Waals surface area contributed by atoms with E-state index in [9.17, 15) is 4.79 Å². The van der Waals surface area contributed by atoms with Crippen molar-refractivity contribution in [3.8, 4) is 0 Å². The lowest BCUT2D eigenvalue weighted by Crippen LogP contribution is -2.36. The summed E-state index contributed by atoms with van der Waals surface area (Å²) in [6.45, 7) is 8.07. The number of amides is 1. The van der Waals surface area contributed by atoms with Crippen LogP contribution in [0.4, 0.5) is 0 Å². The lowest BCUT2D eigenvalue weighted by atomic mass is 9.74. The highest BCUT2D eigenvalue weighted by atomic mass is 16.3. The van der Waals surface area contributed by atoms with Crippen LogP contribution in [0.3, 0.4) is 0 Å². The van der Waals surface area contributed by atoms with Crippen molar-refractivity contribution >= 4 is 5.91 Å². The Hall–Kier alpha value is -2.11. The number of carbonyl (C=O) groups excluding carboxylic acids is 1. The van der Waals surface area contributed by atoms with E-state index >= 15 is 0 Å². The van der Waals surface area contributed by atoms with Gasteiger partial charge in [-0.1, -0.05) is 13.8 Å². The Balaban J connectivity index is 1.86. The number of aromatic amines is 1. The minimum Gasteiger partial charge on any atom is -0.466 e. The Kier molecular flexibility index (Phi) is 3.11. The molecule has 0 aliphatic heterocycles. The van der Waals surface area contributed by atoms with Gasteiger partial charge in [0, 0.05) is 12.0 Å². The van der Waals surface area contributed by atoms with Crippen LogP contribution >= 0.6 is 0 Å². The topological polar surface area (TPSA) is 83.8 Å². The van der Waals surface area contributed by atoms with Gasteiger partial charge in [-0.05, 0) is 31.7 Å². The van der Waals surface area contributed by atoms with Crippen molar-refractivity contribution in [2.75, 3.05) is 0 Å². The Bertz CT molecular complexity index is 684. The molecule has 1 atom stereocenters. The second kappa shape index (κ2) is 4.72. The van der Waals surface area contributed by atoms with Crippen LogP contribution < -0.4 is 5.32 Å². The Morgan fingerprint density at radius 3 is 2.90 bits per heavy atom. The average Bonchev–Trinajstić information content (AvgIpc) is 2.93. The molecular formula is C15H20N4O2. The van der Waals surface area contributed by atoms with E-state index in [4.69, 9.17) is 4.42 Å². The van der Waals surface area contributed by atoms with Gasteiger partial charge in [0.1, 0.15) is 17.3 Å². The summed E-state index contributed by atoms with van der Waals surface area (Å²) in [5, 5.41) is 9.62. The van der Waals surface area contributed by atoms with Crippen LogP contribution in [-0.4, -0.2) is 21.1 Å². The van der Waals surface area contributed by atoms with E-state index in [0.717, 1.165) is 29.9 Å². The van der Waals surface area contributed by atoms with Crippen LogP contribution in [0.2, 0.25) is 0 Å². The fourth-order valence-electron chi connectivity index (χ4n) is 2.98. The zero-order chi connectivity index (χ0) is 15.2. The molecule has 1 aliphatic rings. The maximum absolute atomic E-state index is 12.3. The number of nitrogens with zero attached hydrogens (tertiary/aromatic N) is 2. The zero-order valence-electron chi connectivity index (χ0n) is 12.8. The first-order valence-corrected chi connectivity index (χ1v) is 7.13. The van der Waals surface area contributed by atoms with Crippen LogP contribution in [0.1, 0.15) is 59.8 Å². The molecule has 0 bridgehead atoms. The smallest absolute Gasteiger partial charge is 0.291 e. The molecule has 1 aliphatic carbocycles. The highest BCUT2D eigenvalue weighted by molar-refractivity contribution is 5.90. The van der Waals surface area contributed by atoms with E-state index in [-0.39, 0.29) is 23.2 Å². The van der Waals surface area contributed by atoms with E-state index in [1.54, 1.807) is 6.92 Å². The predicted octanol–water partition coefficient (Wildman–Crippen LogP) is 2.46. The van der Waals surface area contributed by atoms with Crippen LogP contribution in [-0.2, 0) is 6.42 Å². The summed E-state index contributed by atoms with van der Waals surface area (Å²) in [4.78, 5) is 16.3. The highest BCUT2D eigenvalue weighted by Crippen LogP contribution is 2.42. The Morgan fingerprint density at radius 1 is 1.48 bits per heavy atom. The van der Waals surface area contributed by atoms with Gasteiger partial charge < -0.3 is 9.73 Å². The molecule has 0 radical (unpaired) electrons. The number of aromatic nitrogens is 3. The van der Waals surface area contributed by atoms with Gasteiger partial charge in [-0.25, -0.2) is 4.98 Å². The summed E-state index contributed by atoms with van der Waals surface area (Å²) in [5.74, 6) is 2.40. The molecule has 2 aromatic rings. The number of nitrogens with one attached hydrogen (secondary N) is 2. The first-order valence-electron chi connectivity index (χ1n) is 7.13. The second-order valence-electron chi connectivity index (χ2n) is 6.55. The van der Waals surface area contributed by atoms with Crippen molar-refractivity contribution in [1.29, 1.82) is 0 Å². The molecule has 1 unspecified atom stereocenters. The van der Waals surface area contributed by atoms with Gasteiger partial charge in [0.15, 0.2) is 0 Å². The summed E-state index contributed by atoms with van der Waals surface area (Å²) >= 11 is 0. The Labute approximate surface area is 123 Å². The predicted molar refractivity (Wildman–Crippen MR) is 76.9 cm³/mol. The van der Waals surface area contributed by atoms with Gasteiger partial charge in [-0.3, -0.25) is 9.89 Å². The van der Waals surface area contributed by atoms with Gasteiger partial charge in [-0.2, -0.15) is 0 Å². The molecule has 3 rings (SSSR count). The molecule has 0 saturated carbocycles. The molecular weight excluding hydrogens is 268 g/mol. The molecule has 0 spiro atoms. The number of carbonyl (C=O) groups is 1. The molecule has 0 saturated heterocycles. The van der Waals surface area contributed by atoms with Gasteiger partial charge in [0.2, 0.25) is 5.82 Å². The number of H-pyrrole nitrogens is 1. The van der Waals surface area contributed by atoms with E-state index in [1.807, 2.05) is 13.0 Å². The number of hydrogen-bond donors (Lipinski definition) is 2.